The number of amides is 1. The molecule has 1 fully saturated rings. The molecule has 26 heavy (non-hydrogen) atoms. The molecule has 2 atom stereocenters. The summed E-state index contributed by atoms with van der Waals surface area (Å²) in [6.07, 6.45) is -2.17. The van der Waals surface area contributed by atoms with Crippen LogP contribution in [0, 0.1) is 5.92 Å². The number of aliphatic carboxylic acids is 1. The molecule has 1 amide bonds. The average molecular weight is 371 g/mol. The summed E-state index contributed by atoms with van der Waals surface area (Å²) >= 11 is 0. The molecular formula is C19H24F3NO3. The van der Waals surface area contributed by atoms with Crippen LogP contribution >= 0.6 is 0 Å². The van der Waals surface area contributed by atoms with Crippen LogP contribution in [-0.2, 0) is 15.8 Å². The number of alkyl halides is 3. The van der Waals surface area contributed by atoms with E-state index in [0.717, 1.165) is 18.9 Å². The minimum absolute atomic E-state index is 0.0126. The molecule has 7 heteroatoms. The number of carboxylic acids is 1. The summed E-state index contributed by atoms with van der Waals surface area (Å²) in [5.41, 5.74) is -0.564. The van der Waals surface area contributed by atoms with Crippen LogP contribution in [0.5, 0.6) is 0 Å². The molecule has 0 unspecified atom stereocenters. The third kappa shape index (κ3) is 5.47. The van der Waals surface area contributed by atoms with Crippen LogP contribution in [0.3, 0.4) is 0 Å². The van der Waals surface area contributed by atoms with Gasteiger partial charge in [0.2, 0.25) is 5.91 Å². The fraction of sp³-hybridized carbons (Fsp3) is 0.579. The molecule has 144 valence electrons. The summed E-state index contributed by atoms with van der Waals surface area (Å²) in [5, 5.41) is 8.78. The maximum absolute atomic E-state index is 13.2. The van der Waals surface area contributed by atoms with E-state index < -0.39 is 23.6 Å². The Labute approximate surface area is 151 Å². The highest BCUT2D eigenvalue weighted by atomic mass is 19.4. The van der Waals surface area contributed by atoms with E-state index in [9.17, 15) is 22.8 Å². The number of nitrogens with zero attached hydrogens (tertiary/aromatic N) is 1. The molecule has 1 aromatic rings. The highest BCUT2D eigenvalue weighted by molar-refractivity contribution is 5.77. The Morgan fingerprint density at radius 1 is 1.31 bits per heavy atom. The molecule has 1 aliphatic rings. The molecule has 0 aromatic heterocycles. The maximum Gasteiger partial charge on any atom is 0.416 e. The number of benzene rings is 1. The lowest BCUT2D eigenvalue weighted by Crippen LogP contribution is -2.40. The van der Waals surface area contributed by atoms with E-state index in [1.807, 2.05) is 0 Å². The molecular weight excluding hydrogens is 347 g/mol. The van der Waals surface area contributed by atoms with Gasteiger partial charge in [-0.15, -0.1) is 0 Å². The minimum Gasteiger partial charge on any atom is -0.481 e. The SMILES string of the molecule is C[C@@H](CC(=O)N1CCC[C@@H](CCC(=O)O)C1)c1ccccc1C(F)(F)F. The van der Waals surface area contributed by atoms with Gasteiger partial charge in [0, 0.05) is 25.9 Å². The minimum atomic E-state index is -4.44. The summed E-state index contributed by atoms with van der Waals surface area (Å²) in [5.74, 6) is -1.43. The van der Waals surface area contributed by atoms with Gasteiger partial charge < -0.3 is 10.0 Å². The first-order chi connectivity index (χ1) is 12.2. The number of hydrogen-bond donors (Lipinski definition) is 1. The highest BCUT2D eigenvalue weighted by Gasteiger charge is 2.35. The molecule has 0 radical (unpaired) electrons. The highest BCUT2D eigenvalue weighted by Crippen LogP contribution is 2.36. The smallest absolute Gasteiger partial charge is 0.416 e. The van der Waals surface area contributed by atoms with Gasteiger partial charge in [0.1, 0.15) is 0 Å². The Morgan fingerprint density at radius 2 is 2.00 bits per heavy atom. The molecule has 1 heterocycles. The second-order valence-electron chi connectivity index (χ2n) is 6.97. The normalized spacial score (nSPS) is 19.2. The Hall–Kier alpha value is -2.05. The molecule has 1 N–H and O–H groups in total. The van der Waals surface area contributed by atoms with E-state index in [-0.39, 0.29) is 30.2 Å². The fourth-order valence-electron chi connectivity index (χ4n) is 3.54. The van der Waals surface area contributed by atoms with Gasteiger partial charge in [0.25, 0.3) is 0 Å². The van der Waals surface area contributed by atoms with E-state index >= 15 is 0 Å². The van der Waals surface area contributed by atoms with E-state index in [1.54, 1.807) is 17.9 Å². The summed E-state index contributed by atoms with van der Waals surface area (Å²) in [7, 11) is 0. The van der Waals surface area contributed by atoms with Gasteiger partial charge in [0.05, 0.1) is 5.56 Å². The summed E-state index contributed by atoms with van der Waals surface area (Å²) in [6, 6.07) is 5.36. The van der Waals surface area contributed by atoms with E-state index in [0.29, 0.717) is 19.5 Å². The number of halogens is 3. The molecule has 1 aliphatic heterocycles. The number of likely N-dealkylation sites (tertiary alicyclic amines) is 1. The monoisotopic (exact) mass is 371 g/mol. The number of carbonyl (C=O) groups excluding carboxylic acids is 1. The van der Waals surface area contributed by atoms with E-state index in [4.69, 9.17) is 5.11 Å². The molecule has 0 bridgehead atoms. The van der Waals surface area contributed by atoms with Gasteiger partial charge in [-0.2, -0.15) is 13.2 Å². The van der Waals surface area contributed by atoms with Crippen LogP contribution in [0.2, 0.25) is 0 Å². The third-order valence-electron chi connectivity index (χ3n) is 4.92. The van der Waals surface area contributed by atoms with Gasteiger partial charge >= 0.3 is 12.1 Å². The van der Waals surface area contributed by atoms with Crippen molar-refractivity contribution in [2.75, 3.05) is 13.1 Å². The Morgan fingerprint density at radius 3 is 2.65 bits per heavy atom. The summed E-state index contributed by atoms with van der Waals surface area (Å²) in [4.78, 5) is 24.9. The predicted molar refractivity (Wildman–Crippen MR) is 90.6 cm³/mol. The lowest BCUT2D eigenvalue weighted by atomic mass is 9.90. The first kappa shape index (κ1) is 20.3. The van der Waals surface area contributed by atoms with Crippen molar-refractivity contribution in [3.63, 3.8) is 0 Å². The van der Waals surface area contributed by atoms with Crippen molar-refractivity contribution in [1.82, 2.24) is 4.90 Å². The largest absolute Gasteiger partial charge is 0.481 e. The number of rotatable bonds is 6. The average Bonchev–Trinajstić information content (AvgIpc) is 2.59. The molecule has 1 aromatic carbocycles. The summed E-state index contributed by atoms with van der Waals surface area (Å²) in [6.45, 7) is 2.70. The quantitative estimate of drug-likeness (QED) is 0.811. The predicted octanol–water partition coefficient (Wildman–Crippen LogP) is 4.30. The topological polar surface area (TPSA) is 57.6 Å². The van der Waals surface area contributed by atoms with Crippen molar-refractivity contribution in [2.24, 2.45) is 5.92 Å². The Balaban J connectivity index is 2.00. The zero-order valence-corrected chi connectivity index (χ0v) is 14.8. The van der Waals surface area contributed by atoms with Crippen molar-refractivity contribution < 1.29 is 27.9 Å². The third-order valence-corrected chi connectivity index (χ3v) is 4.92. The fourth-order valence-corrected chi connectivity index (χ4v) is 3.54. The zero-order valence-electron chi connectivity index (χ0n) is 14.8. The van der Waals surface area contributed by atoms with Crippen LogP contribution in [0.4, 0.5) is 13.2 Å². The van der Waals surface area contributed by atoms with Gasteiger partial charge in [-0.1, -0.05) is 25.1 Å². The van der Waals surface area contributed by atoms with E-state index in [1.165, 1.54) is 12.1 Å². The van der Waals surface area contributed by atoms with Crippen LogP contribution in [0.25, 0.3) is 0 Å². The van der Waals surface area contributed by atoms with Crippen LogP contribution in [0.1, 0.15) is 56.1 Å². The van der Waals surface area contributed by atoms with Crippen molar-refractivity contribution in [1.29, 1.82) is 0 Å². The number of hydrogen-bond acceptors (Lipinski definition) is 2. The molecule has 0 saturated carbocycles. The van der Waals surface area contributed by atoms with Gasteiger partial charge in [-0.3, -0.25) is 9.59 Å². The van der Waals surface area contributed by atoms with Crippen molar-refractivity contribution in [3.8, 4) is 0 Å². The van der Waals surface area contributed by atoms with Crippen molar-refractivity contribution >= 4 is 11.9 Å². The number of carboxylic acid groups (broad SMARTS) is 1. The molecule has 1 saturated heterocycles. The standard InChI is InChI=1S/C19H24F3NO3/c1-13(15-6-2-3-7-16(15)19(20,21)22)11-17(24)23-10-4-5-14(12-23)8-9-18(25)26/h2-3,6-7,13-14H,4-5,8-12H2,1H3,(H,25,26)/t13-,14-/m0/s1. The zero-order chi connectivity index (χ0) is 19.3. The maximum atomic E-state index is 13.2. The first-order valence-corrected chi connectivity index (χ1v) is 8.84. The lowest BCUT2D eigenvalue weighted by molar-refractivity contribution is -0.139. The van der Waals surface area contributed by atoms with Crippen LogP contribution in [0.15, 0.2) is 24.3 Å². The van der Waals surface area contributed by atoms with E-state index in [2.05, 4.69) is 0 Å². The van der Waals surface area contributed by atoms with Crippen LogP contribution < -0.4 is 0 Å². The number of piperidine rings is 1. The number of carbonyl (C=O) groups is 2. The van der Waals surface area contributed by atoms with Crippen molar-refractivity contribution in [2.45, 2.75) is 51.1 Å². The second kappa shape index (κ2) is 8.56. The molecule has 2 rings (SSSR count). The van der Waals surface area contributed by atoms with Gasteiger partial charge in [-0.25, -0.2) is 0 Å². The summed E-state index contributed by atoms with van der Waals surface area (Å²) < 4.78 is 39.5. The van der Waals surface area contributed by atoms with Crippen LogP contribution in [-0.4, -0.2) is 35.0 Å². The Bertz CT molecular complexity index is 645. The first-order valence-electron chi connectivity index (χ1n) is 8.84. The van der Waals surface area contributed by atoms with Gasteiger partial charge in [-0.05, 0) is 42.7 Å². The molecule has 0 aliphatic carbocycles. The second-order valence-corrected chi connectivity index (χ2v) is 6.97. The molecule has 4 nitrogen and oxygen atoms in total. The lowest BCUT2D eigenvalue weighted by Gasteiger charge is -2.33. The van der Waals surface area contributed by atoms with Gasteiger partial charge in [0.15, 0.2) is 0 Å². The Kier molecular flexibility index (Phi) is 6.67. The molecule has 0 spiro atoms. The van der Waals surface area contributed by atoms with Crippen molar-refractivity contribution in [3.05, 3.63) is 35.4 Å².